The van der Waals surface area contributed by atoms with Crippen LogP contribution in [-0.2, 0) is 18.9 Å². The summed E-state index contributed by atoms with van der Waals surface area (Å²) >= 11 is 0. The van der Waals surface area contributed by atoms with Gasteiger partial charge in [-0.1, -0.05) is 0 Å². The van der Waals surface area contributed by atoms with Crippen LogP contribution in [-0.4, -0.2) is 37.7 Å². The van der Waals surface area contributed by atoms with Crippen molar-refractivity contribution in [2.24, 2.45) is 0 Å². The Balaban J connectivity index is 1.58. The number of benzene rings is 1. The van der Waals surface area contributed by atoms with E-state index in [4.69, 9.17) is 18.9 Å². The number of ether oxygens (including phenoxy) is 4. The molecule has 2 aliphatic heterocycles. The van der Waals surface area contributed by atoms with E-state index in [1.807, 2.05) is 0 Å². The van der Waals surface area contributed by atoms with Crippen LogP contribution in [0.5, 0.6) is 0 Å². The summed E-state index contributed by atoms with van der Waals surface area (Å²) in [5.41, 5.74) is 0.744. The monoisotopic (exact) mass is 278 g/mol. The van der Waals surface area contributed by atoms with Gasteiger partial charge in [0.1, 0.15) is 0 Å². The van der Waals surface area contributed by atoms with E-state index in [1.54, 1.807) is 0 Å². The minimum Gasteiger partial charge on any atom is -0.432 e. The van der Waals surface area contributed by atoms with E-state index in [0.717, 1.165) is 12.8 Å². The third-order valence-electron chi connectivity index (χ3n) is 3.15. The van der Waals surface area contributed by atoms with Crippen molar-refractivity contribution in [3.8, 4) is 0 Å². The predicted molar refractivity (Wildman–Crippen MR) is 66.0 cm³/mol. The zero-order valence-electron chi connectivity index (χ0n) is 10.7. The topological polar surface area (TPSA) is 71.1 Å². The molecule has 2 unspecified atom stereocenters. The Labute approximate surface area is 115 Å². The summed E-state index contributed by atoms with van der Waals surface area (Å²) in [7, 11) is 0. The Bertz CT molecular complexity index is 454. The Morgan fingerprint density at radius 3 is 1.45 bits per heavy atom. The van der Waals surface area contributed by atoms with Crippen LogP contribution >= 0.6 is 0 Å². The quantitative estimate of drug-likeness (QED) is 0.777. The summed E-state index contributed by atoms with van der Waals surface area (Å²) in [6.07, 6.45) is 0.556. The van der Waals surface area contributed by atoms with E-state index in [1.165, 1.54) is 24.3 Å². The van der Waals surface area contributed by atoms with E-state index in [9.17, 15) is 9.59 Å². The maximum atomic E-state index is 11.7. The molecule has 2 atom stereocenters. The number of rotatable bonds is 4. The third kappa shape index (κ3) is 2.81. The van der Waals surface area contributed by atoms with Gasteiger partial charge in [-0.2, -0.15) is 0 Å². The molecular weight excluding hydrogens is 264 g/mol. The zero-order chi connectivity index (χ0) is 13.9. The Hall–Kier alpha value is -1.92. The standard InChI is InChI=1S/C14H14O6/c15-13(19-11-5-7-17-11)9-1-2-10(4-3-9)14(16)20-12-6-8-18-12/h1-4,11-12H,5-8H2. The molecule has 1 aromatic carbocycles. The molecule has 2 saturated heterocycles. The number of hydrogen-bond acceptors (Lipinski definition) is 6. The second-order valence-corrected chi connectivity index (χ2v) is 4.57. The van der Waals surface area contributed by atoms with Crippen LogP contribution in [0.25, 0.3) is 0 Å². The fourth-order valence-corrected chi connectivity index (χ4v) is 1.73. The molecule has 106 valence electrons. The lowest BCUT2D eigenvalue weighted by Gasteiger charge is -2.26. The maximum Gasteiger partial charge on any atom is 0.340 e. The van der Waals surface area contributed by atoms with Gasteiger partial charge >= 0.3 is 11.9 Å². The van der Waals surface area contributed by atoms with Crippen LogP contribution in [0.15, 0.2) is 24.3 Å². The van der Waals surface area contributed by atoms with Gasteiger partial charge in [-0.05, 0) is 24.3 Å². The summed E-state index contributed by atoms with van der Waals surface area (Å²) in [6.45, 7) is 1.23. The first kappa shape index (κ1) is 13.1. The molecular formula is C14H14O6. The Morgan fingerprint density at radius 1 is 0.850 bits per heavy atom. The van der Waals surface area contributed by atoms with Crippen LogP contribution in [0.3, 0.4) is 0 Å². The van der Waals surface area contributed by atoms with Crippen molar-refractivity contribution in [3.05, 3.63) is 35.4 Å². The molecule has 2 aliphatic rings. The van der Waals surface area contributed by atoms with Gasteiger partial charge in [0.2, 0.25) is 12.6 Å². The number of carbonyl (C=O) groups excluding carboxylic acids is 2. The van der Waals surface area contributed by atoms with Crippen molar-refractivity contribution >= 4 is 11.9 Å². The first-order chi connectivity index (χ1) is 9.72. The average molecular weight is 278 g/mol. The van der Waals surface area contributed by atoms with Gasteiger partial charge in [-0.15, -0.1) is 0 Å². The lowest BCUT2D eigenvalue weighted by molar-refractivity contribution is -0.185. The van der Waals surface area contributed by atoms with E-state index in [0.29, 0.717) is 24.3 Å². The summed E-state index contributed by atoms with van der Waals surface area (Å²) in [4.78, 5) is 23.4. The molecule has 0 saturated carbocycles. The molecule has 2 fully saturated rings. The molecule has 0 spiro atoms. The van der Waals surface area contributed by atoms with Crippen LogP contribution in [0.4, 0.5) is 0 Å². The van der Waals surface area contributed by atoms with Gasteiger partial charge < -0.3 is 18.9 Å². The highest BCUT2D eigenvalue weighted by Crippen LogP contribution is 2.17. The Morgan fingerprint density at radius 2 is 1.20 bits per heavy atom. The van der Waals surface area contributed by atoms with Crippen molar-refractivity contribution in [2.45, 2.75) is 25.4 Å². The smallest absolute Gasteiger partial charge is 0.340 e. The van der Waals surface area contributed by atoms with E-state index >= 15 is 0 Å². The highest BCUT2D eigenvalue weighted by atomic mass is 16.7. The molecule has 3 rings (SSSR count). The van der Waals surface area contributed by atoms with Crippen molar-refractivity contribution in [2.75, 3.05) is 13.2 Å². The molecule has 0 amide bonds. The lowest BCUT2D eigenvalue weighted by atomic mass is 10.1. The van der Waals surface area contributed by atoms with Gasteiger partial charge in [0, 0.05) is 12.8 Å². The van der Waals surface area contributed by atoms with Gasteiger partial charge in [0.15, 0.2) is 0 Å². The van der Waals surface area contributed by atoms with Gasteiger partial charge in [-0.3, -0.25) is 0 Å². The molecule has 1 aromatic rings. The SMILES string of the molecule is O=C(OC1CCO1)c1ccc(C(=O)OC2CCO2)cc1. The largest absolute Gasteiger partial charge is 0.432 e. The van der Waals surface area contributed by atoms with Crippen molar-refractivity contribution < 1.29 is 28.5 Å². The predicted octanol–water partition coefficient (Wildman–Crippen LogP) is 1.49. The van der Waals surface area contributed by atoms with Crippen LogP contribution in [0.2, 0.25) is 0 Å². The van der Waals surface area contributed by atoms with Gasteiger partial charge in [-0.25, -0.2) is 9.59 Å². The number of esters is 2. The van der Waals surface area contributed by atoms with E-state index < -0.39 is 24.5 Å². The number of carbonyl (C=O) groups is 2. The summed E-state index contributed by atoms with van der Waals surface area (Å²) in [6, 6.07) is 6.11. The molecule has 20 heavy (non-hydrogen) atoms. The summed E-state index contributed by atoms with van der Waals surface area (Å²) in [5.74, 6) is -0.922. The zero-order valence-corrected chi connectivity index (χ0v) is 10.7. The lowest BCUT2D eigenvalue weighted by Crippen LogP contribution is -2.32. The van der Waals surface area contributed by atoms with Crippen LogP contribution < -0.4 is 0 Å². The molecule has 0 bridgehead atoms. The van der Waals surface area contributed by atoms with Gasteiger partial charge in [0.25, 0.3) is 0 Å². The molecule has 0 radical (unpaired) electrons. The van der Waals surface area contributed by atoms with E-state index in [-0.39, 0.29) is 0 Å². The average Bonchev–Trinajstić information content (AvgIpc) is 2.38. The highest BCUT2D eigenvalue weighted by molar-refractivity contribution is 5.93. The minimum atomic E-state index is -0.461. The Kier molecular flexibility index (Phi) is 3.66. The van der Waals surface area contributed by atoms with E-state index in [2.05, 4.69) is 0 Å². The van der Waals surface area contributed by atoms with Gasteiger partial charge in [0.05, 0.1) is 24.3 Å². The number of hydrogen-bond donors (Lipinski definition) is 0. The first-order valence-electron chi connectivity index (χ1n) is 6.47. The second kappa shape index (κ2) is 5.60. The normalized spacial score (nSPS) is 24.2. The molecule has 6 heteroatoms. The van der Waals surface area contributed by atoms with Crippen LogP contribution in [0.1, 0.15) is 33.6 Å². The molecule has 6 nitrogen and oxygen atoms in total. The molecule has 0 aromatic heterocycles. The fourth-order valence-electron chi connectivity index (χ4n) is 1.73. The second-order valence-electron chi connectivity index (χ2n) is 4.57. The molecule has 2 heterocycles. The van der Waals surface area contributed by atoms with Crippen LogP contribution in [0, 0.1) is 0 Å². The maximum absolute atomic E-state index is 11.7. The van der Waals surface area contributed by atoms with Crippen molar-refractivity contribution in [1.82, 2.24) is 0 Å². The van der Waals surface area contributed by atoms with Crippen molar-refractivity contribution in [1.29, 1.82) is 0 Å². The fraction of sp³-hybridized carbons (Fsp3) is 0.429. The molecule has 0 aliphatic carbocycles. The highest BCUT2D eigenvalue weighted by Gasteiger charge is 2.25. The first-order valence-corrected chi connectivity index (χ1v) is 6.47. The summed E-state index contributed by atoms with van der Waals surface area (Å²) in [5, 5.41) is 0. The molecule has 0 N–H and O–H groups in total. The third-order valence-corrected chi connectivity index (χ3v) is 3.15. The van der Waals surface area contributed by atoms with Crippen molar-refractivity contribution in [3.63, 3.8) is 0 Å². The summed E-state index contributed by atoms with van der Waals surface area (Å²) < 4.78 is 20.2. The minimum absolute atomic E-state index is 0.372.